The smallest absolute Gasteiger partial charge is 0.274 e. The Labute approximate surface area is 179 Å². The Balaban J connectivity index is 1.54. The normalized spacial score (nSPS) is 16.2. The van der Waals surface area contributed by atoms with E-state index in [0.29, 0.717) is 18.7 Å². The second-order valence-electron chi connectivity index (χ2n) is 7.67. The molecule has 1 unspecified atom stereocenters. The van der Waals surface area contributed by atoms with E-state index >= 15 is 0 Å². The lowest BCUT2D eigenvalue weighted by molar-refractivity contribution is 0.0697. The summed E-state index contributed by atoms with van der Waals surface area (Å²) in [5.41, 5.74) is 1.99. The molecule has 9 nitrogen and oxygen atoms in total. The summed E-state index contributed by atoms with van der Waals surface area (Å²) in [5.74, 6) is -0.428. The number of hydrogen-bond donors (Lipinski definition) is 1. The van der Waals surface area contributed by atoms with Crippen molar-refractivity contribution in [1.29, 1.82) is 0 Å². The Kier molecular flexibility index (Phi) is 5.66. The molecular formula is C22H24N6O3. The van der Waals surface area contributed by atoms with E-state index in [-0.39, 0.29) is 29.0 Å². The molecule has 0 aliphatic carbocycles. The maximum atomic E-state index is 13.1. The summed E-state index contributed by atoms with van der Waals surface area (Å²) in [4.78, 5) is 40.9. The number of likely N-dealkylation sites (tertiary alicyclic amines) is 1. The number of benzene rings is 1. The summed E-state index contributed by atoms with van der Waals surface area (Å²) >= 11 is 0. The van der Waals surface area contributed by atoms with E-state index in [9.17, 15) is 14.4 Å². The first-order chi connectivity index (χ1) is 15.0. The van der Waals surface area contributed by atoms with Crippen LogP contribution in [-0.4, -0.2) is 56.8 Å². The number of amides is 2. The van der Waals surface area contributed by atoms with Crippen LogP contribution in [0.1, 0.15) is 45.3 Å². The van der Waals surface area contributed by atoms with Crippen LogP contribution in [0.5, 0.6) is 0 Å². The molecule has 1 fully saturated rings. The zero-order valence-corrected chi connectivity index (χ0v) is 17.5. The molecule has 1 N–H and O–H groups in total. The standard InChI is InChI=1S/C22H24N6O3/c1-26(16-8-4-3-5-9-16)21(30)17-13-23-24-20(17)15-7-6-12-28(14-15)22(31)18-10-11-19(29)27(2)25-18/h3-5,8-11,13,15H,6-7,12,14H2,1-2H3,(H,23,24). The number of para-hydroxylation sites is 1. The van der Waals surface area contributed by atoms with E-state index < -0.39 is 0 Å². The van der Waals surface area contributed by atoms with Crippen LogP contribution in [0, 0.1) is 0 Å². The predicted molar refractivity (Wildman–Crippen MR) is 115 cm³/mol. The van der Waals surface area contributed by atoms with Crippen LogP contribution in [-0.2, 0) is 7.05 Å². The van der Waals surface area contributed by atoms with Crippen molar-refractivity contribution in [2.45, 2.75) is 18.8 Å². The largest absolute Gasteiger partial charge is 0.337 e. The molecule has 2 amide bonds. The highest BCUT2D eigenvalue weighted by Crippen LogP contribution is 2.29. The van der Waals surface area contributed by atoms with Gasteiger partial charge in [0.2, 0.25) is 0 Å². The topological polar surface area (TPSA) is 104 Å². The van der Waals surface area contributed by atoms with Crippen molar-refractivity contribution in [2.24, 2.45) is 7.05 Å². The lowest BCUT2D eigenvalue weighted by Crippen LogP contribution is -2.40. The Hall–Kier alpha value is -3.75. The molecule has 0 bridgehead atoms. The Morgan fingerprint density at radius 1 is 1.16 bits per heavy atom. The number of aromatic nitrogens is 4. The van der Waals surface area contributed by atoms with Crippen LogP contribution in [0.4, 0.5) is 5.69 Å². The molecule has 4 rings (SSSR count). The van der Waals surface area contributed by atoms with Crippen LogP contribution >= 0.6 is 0 Å². The first kappa shape index (κ1) is 20.5. The number of nitrogens with one attached hydrogen (secondary N) is 1. The molecule has 1 aromatic carbocycles. The molecule has 31 heavy (non-hydrogen) atoms. The number of carbonyl (C=O) groups is 2. The molecule has 3 aromatic rings. The number of nitrogens with zero attached hydrogens (tertiary/aromatic N) is 5. The molecule has 9 heteroatoms. The molecule has 160 valence electrons. The van der Waals surface area contributed by atoms with Gasteiger partial charge in [-0.25, -0.2) is 4.68 Å². The van der Waals surface area contributed by atoms with Gasteiger partial charge in [-0.2, -0.15) is 10.2 Å². The fraction of sp³-hybridized carbons (Fsp3) is 0.318. The van der Waals surface area contributed by atoms with Crippen molar-refractivity contribution >= 4 is 17.5 Å². The maximum absolute atomic E-state index is 13.1. The monoisotopic (exact) mass is 420 g/mol. The number of rotatable bonds is 4. The highest BCUT2D eigenvalue weighted by molar-refractivity contribution is 6.06. The Bertz CT molecular complexity index is 1150. The Morgan fingerprint density at radius 3 is 2.68 bits per heavy atom. The fourth-order valence-electron chi connectivity index (χ4n) is 3.90. The number of carbonyl (C=O) groups excluding carboxylic acids is 2. The minimum Gasteiger partial charge on any atom is -0.337 e. The van der Waals surface area contributed by atoms with Gasteiger partial charge in [-0.1, -0.05) is 18.2 Å². The van der Waals surface area contributed by atoms with Crippen molar-refractivity contribution in [3.8, 4) is 0 Å². The van der Waals surface area contributed by atoms with Crippen molar-refractivity contribution in [1.82, 2.24) is 24.9 Å². The van der Waals surface area contributed by atoms with Crippen LogP contribution in [0.3, 0.4) is 0 Å². The molecule has 0 radical (unpaired) electrons. The van der Waals surface area contributed by atoms with Gasteiger partial charge in [-0.05, 0) is 31.0 Å². The molecule has 1 aliphatic rings. The summed E-state index contributed by atoms with van der Waals surface area (Å²) in [6.45, 7) is 1.04. The van der Waals surface area contributed by atoms with E-state index in [0.717, 1.165) is 28.9 Å². The Morgan fingerprint density at radius 2 is 1.94 bits per heavy atom. The highest BCUT2D eigenvalue weighted by atomic mass is 16.2. The number of anilines is 1. The zero-order valence-electron chi connectivity index (χ0n) is 17.5. The second kappa shape index (κ2) is 8.55. The average molecular weight is 420 g/mol. The molecule has 1 atom stereocenters. The van der Waals surface area contributed by atoms with Gasteiger partial charge in [-0.15, -0.1) is 0 Å². The SMILES string of the molecule is CN(C(=O)c1cn[nH]c1C1CCCN(C(=O)c2ccc(=O)n(C)n2)C1)c1ccccc1. The molecule has 1 saturated heterocycles. The van der Waals surface area contributed by atoms with Gasteiger partial charge in [0.1, 0.15) is 5.69 Å². The van der Waals surface area contributed by atoms with E-state index in [1.54, 1.807) is 23.0 Å². The summed E-state index contributed by atoms with van der Waals surface area (Å²) < 4.78 is 1.15. The van der Waals surface area contributed by atoms with Crippen molar-refractivity contribution < 1.29 is 9.59 Å². The molecule has 3 heterocycles. The number of H-pyrrole nitrogens is 1. The fourth-order valence-corrected chi connectivity index (χ4v) is 3.90. The lowest BCUT2D eigenvalue weighted by atomic mass is 9.92. The third kappa shape index (κ3) is 4.11. The van der Waals surface area contributed by atoms with Gasteiger partial charge in [-0.3, -0.25) is 19.5 Å². The van der Waals surface area contributed by atoms with Gasteiger partial charge in [0, 0.05) is 44.9 Å². The molecule has 0 spiro atoms. The first-order valence-corrected chi connectivity index (χ1v) is 10.2. The third-order valence-corrected chi connectivity index (χ3v) is 5.64. The lowest BCUT2D eigenvalue weighted by Gasteiger charge is -2.32. The van der Waals surface area contributed by atoms with Crippen LogP contribution < -0.4 is 10.5 Å². The number of hydrogen-bond acceptors (Lipinski definition) is 5. The van der Waals surface area contributed by atoms with Crippen molar-refractivity contribution in [3.05, 3.63) is 76.0 Å². The van der Waals surface area contributed by atoms with Gasteiger partial charge >= 0.3 is 0 Å². The maximum Gasteiger partial charge on any atom is 0.274 e. The van der Waals surface area contributed by atoms with Crippen LogP contribution in [0.25, 0.3) is 0 Å². The number of aromatic amines is 1. The minimum absolute atomic E-state index is 0.0455. The average Bonchev–Trinajstić information content (AvgIpc) is 3.30. The van der Waals surface area contributed by atoms with Crippen molar-refractivity contribution in [2.75, 3.05) is 25.0 Å². The van der Waals surface area contributed by atoms with Gasteiger partial charge in [0.05, 0.1) is 17.5 Å². The summed E-state index contributed by atoms with van der Waals surface area (Å²) in [6.07, 6.45) is 3.18. The predicted octanol–water partition coefficient (Wildman–Crippen LogP) is 1.80. The van der Waals surface area contributed by atoms with Gasteiger partial charge < -0.3 is 9.80 Å². The molecular weight excluding hydrogens is 396 g/mol. The van der Waals surface area contributed by atoms with E-state index in [1.165, 1.54) is 19.2 Å². The first-order valence-electron chi connectivity index (χ1n) is 10.2. The van der Waals surface area contributed by atoms with E-state index in [4.69, 9.17) is 0 Å². The quantitative estimate of drug-likeness (QED) is 0.693. The summed E-state index contributed by atoms with van der Waals surface area (Å²) in [5, 5.41) is 11.2. The van der Waals surface area contributed by atoms with E-state index in [1.807, 2.05) is 30.3 Å². The van der Waals surface area contributed by atoms with Crippen LogP contribution in [0.2, 0.25) is 0 Å². The second-order valence-corrected chi connectivity index (χ2v) is 7.67. The molecule has 2 aromatic heterocycles. The number of piperidine rings is 1. The van der Waals surface area contributed by atoms with Gasteiger partial charge in [0.25, 0.3) is 17.4 Å². The summed E-state index contributed by atoms with van der Waals surface area (Å²) in [7, 11) is 3.25. The minimum atomic E-state index is -0.267. The van der Waals surface area contributed by atoms with Gasteiger partial charge in [0.15, 0.2) is 0 Å². The molecule has 1 aliphatic heterocycles. The third-order valence-electron chi connectivity index (χ3n) is 5.64. The van der Waals surface area contributed by atoms with E-state index in [2.05, 4.69) is 15.3 Å². The number of aryl methyl sites for hydroxylation is 1. The van der Waals surface area contributed by atoms with Crippen molar-refractivity contribution in [3.63, 3.8) is 0 Å². The summed E-state index contributed by atoms with van der Waals surface area (Å²) in [6, 6.07) is 12.2. The zero-order chi connectivity index (χ0) is 22.0. The molecule has 0 saturated carbocycles. The highest BCUT2D eigenvalue weighted by Gasteiger charge is 2.31. The van der Waals surface area contributed by atoms with Crippen LogP contribution in [0.15, 0.2) is 53.5 Å².